The van der Waals surface area contributed by atoms with Crippen molar-refractivity contribution in [3.05, 3.63) is 0 Å². The number of hydrogen-bond donors (Lipinski definition) is 1. The molecule has 0 aliphatic carbocycles. The van der Waals surface area contributed by atoms with Crippen molar-refractivity contribution in [1.82, 2.24) is 0 Å². The van der Waals surface area contributed by atoms with Crippen LogP contribution in [0.2, 0.25) is 11.1 Å². The first-order chi connectivity index (χ1) is 21.8. The zero-order chi connectivity index (χ0) is 32.6. The monoisotopic (exact) mass is 688 g/mol. The van der Waals surface area contributed by atoms with Gasteiger partial charge in [0.05, 0.1) is 131 Å². The van der Waals surface area contributed by atoms with Gasteiger partial charge in [-0.05, 0) is 13.3 Å². The first kappa shape index (κ1) is 41.0. The Hall–Kier alpha value is -0.126. The number of aliphatic hydroxyl groups is 1. The predicted molar refractivity (Wildman–Crippen MR) is 168 cm³/mol. The van der Waals surface area contributed by atoms with Crippen molar-refractivity contribution in [3.63, 3.8) is 0 Å². The lowest BCUT2D eigenvalue weighted by Crippen LogP contribution is -2.51. The van der Waals surface area contributed by atoms with Crippen molar-refractivity contribution in [2.75, 3.05) is 126 Å². The Labute approximate surface area is 272 Å². The van der Waals surface area contributed by atoms with Crippen LogP contribution in [0.3, 0.4) is 0 Å². The minimum atomic E-state index is -2.86. The molecule has 14 nitrogen and oxygen atoms in total. The van der Waals surface area contributed by atoms with E-state index >= 15 is 0 Å². The van der Waals surface area contributed by atoms with Gasteiger partial charge in [-0.15, -0.1) is 0 Å². The summed E-state index contributed by atoms with van der Waals surface area (Å²) in [4.78, 5) is 0. The van der Waals surface area contributed by atoms with E-state index in [1.807, 2.05) is 20.8 Å². The van der Waals surface area contributed by atoms with E-state index in [2.05, 4.69) is 13.8 Å². The fraction of sp³-hybridized carbons (Fsp3) is 1.00. The molecule has 0 aromatic carbocycles. The lowest BCUT2D eigenvalue weighted by atomic mass is 10.3. The van der Waals surface area contributed by atoms with Gasteiger partial charge in [-0.2, -0.15) is 0 Å². The minimum absolute atomic E-state index is 0.000866. The molecule has 3 heterocycles. The van der Waals surface area contributed by atoms with E-state index in [0.717, 1.165) is 6.42 Å². The maximum absolute atomic E-state index is 9.03. The van der Waals surface area contributed by atoms with Gasteiger partial charge in [-0.1, -0.05) is 27.7 Å². The van der Waals surface area contributed by atoms with Gasteiger partial charge in [0, 0.05) is 17.7 Å². The zero-order valence-electron chi connectivity index (χ0n) is 28.2. The van der Waals surface area contributed by atoms with E-state index in [1.54, 1.807) is 0 Å². The SMILES string of the molecule is CC(C)[Si]12OCCOCCOCC(CCOCCO1)OCCO2.CC1COCCOCCO[Si](OCCO)(C(C)C)OCCO1. The van der Waals surface area contributed by atoms with Crippen LogP contribution in [0.1, 0.15) is 41.0 Å². The van der Waals surface area contributed by atoms with Crippen LogP contribution in [0, 0.1) is 0 Å². The number of aliphatic hydroxyl groups excluding tert-OH is 1. The summed E-state index contributed by atoms with van der Waals surface area (Å²) in [6, 6.07) is 0. The molecular formula is C29H60O14Si2. The van der Waals surface area contributed by atoms with Crippen molar-refractivity contribution in [1.29, 1.82) is 0 Å². The van der Waals surface area contributed by atoms with Gasteiger partial charge in [0.1, 0.15) is 0 Å². The molecule has 0 aromatic rings. The first-order valence-corrected chi connectivity index (χ1v) is 20.0. The van der Waals surface area contributed by atoms with Gasteiger partial charge < -0.3 is 64.8 Å². The van der Waals surface area contributed by atoms with Crippen molar-refractivity contribution < 1.29 is 64.8 Å². The highest BCUT2D eigenvalue weighted by Crippen LogP contribution is 2.26. The van der Waals surface area contributed by atoms with Crippen LogP contribution in [-0.2, 0) is 59.7 Å². The molecule has 3 aliphatic rings. The second-order valence-corrected chi connectivity index (χ2v) is 17.7. The third-order valence-corrected chi connectivity index (χ3v) is 13.4. The van der Waals surface area contributed by atoms with Crippen LogP contribution >= 0.6 is 0 Å². The fourth-order valence-electron chi connectivity index (χ4n) is 4.48. The summed E-state index contributed by atoms with van der Waals surface area (Å²) < 4.78 is 75.0. The Morgan fingerprint density at radius 1 is 0.578 bits per heavy atom. The van der Waals surface area contributed by atoms with Crippen LogP contribution in [0.25, 0.3) is 0 Å². The summed E-state index contributed by atoms with van der Waals surface area (Å²) >= 11 is 0. The van der Waals surface area contributed by atoms with Crippen molar-refractivity contribution >= 4 is 17.6 Å². The van der Waals surface area contributed by atoms with Crippen LogP contribution in [-0.4, -0.2) is 160 Å². The highest BCUT2D eigenvalue weighted by Gasteiger charge is 2.46. The second-order valence-electron chi connectivity index (χ2n) is 11.3. The third-order valence-electron chi connectivity index (χ3n) is 6.92. The van der Waals surface area contributed by atoms with Crippen LogP contribution in [0.5, 0.6) is 0 Å². The Kier molecular flexibility index (Phi) is 22.7. The highest BCUT2D eigenvalue weighted by molar-refractivity contribution is 6.62. The Morgan fingerprint density at radius 3 is 1.67 bits per heavy atom. The number of fused-ring (bicyclic) bond motifs is 5. The average molecular weight is 689 g/mol. The standard InChI is InChI=1S/C15H30O7Si.C14H30O7Si/c1-14(2)23-20-10-7-16-4-3-15(19-9-12-22-23)13-18-6-5-17-8-11-21-23;1-13(2)22(19-5-4-15)20-10-8-16-6-7-17-12-14(3)18-9-11-21-22/h14-15H,3-13H2,1-2H3;13-15H,4-12H2,1-3H3. The largest absolute Gasteiger partial charge is 0.503 e. The first-order valence-electron chi connectivity index (χ1n) is 16.4. The molecule has 0 aromatic heterocycles. The van der Waals surface area contributed by atoms with Gasteiger partial charge in [0.2, 0.25) is 0 Å². The topological polar surface area (TPSA) is 140 Å². The molecule has 3 rings (SSSR count). The van der Waals surface area contributed by atoms with Crippen LogP contribution in [0.4, 0.5) is 0 Å². The van der Waals surface area contributed by atoms with E-state index in [1.165, 1.54) is 0 Å². The molecule has 16 heteroatoms. The number of hydrogen-bond acceptors (Lipinski definition) is 14. The molecule has 2 bridgehead atoms. The molecule has 0 radical (unpaired) electrons. The molecule has 268 valence electrons. The molecule has 3 aliphatic heterocycles. The Bertz CT molecular complexity index is 712. The predicted octanol–water partition coefficient (Wildman–Crippen LogP) is 2.07. The van der Waals surface area contributed by atoms with Gasteiger partial charge in [0.15, 0.2) is 0 Å². The highest BCUT2D eigenvalue weighted by atomic mass is 28.4. The van der Waals surface area contributed by atoms with E-state index in [9.17, 15) is 0 Å². The summed E-state index contributed by atoms with van der Waals surface area (Å²) in [6.07, 6.45) is 0.809. The normalized spacial score (nSPS) is 31.7. The summed E-state index contributed by atoms with van der Waals surface area (Å²) in [5, 5.41) is 9.03. The molecule has 3 saturated heterocycles. The van der Waals surface area contributed by atoms with Gasteiger partial charge in [-0.25, -0.2) is 0 Å². The Balaban J connectivity index is 0.000000314. The molecule has 0 spiro atoms. The zero-order valence-corrected chi connectivity index (χ0v) is 30.2. The molecule has 0 saturated carbocycles. The van der Waals surface area contributed by atoms with E-state index in [4.69, 9.17) is 64.8 Å². The number of ether oxygens (including phenoxy) is 7. The molecule has 4 unspecified atom stereocenters. The Morgan fingerprint density at radius 2 is 1.07 bits per heavy atom. The summed E-state index contributed by atoms with van der Waals surface area (Å²) in [6.45, 7) is 18.8. The lowest BCUT2D eigenvalue weighted by Gasteiger charge is -2.33. The summed E-state index contributed by atoms with van der Waals surface area (Å²) in [7, 11) is -5.63. The fourth-order valence-corrected chi connectivity index (χ4v) is 9.20. The van der Waals surface area contributed by atoms with Crippen molar-refractivity contribution in [2.24, 2.45) is 0 Å². The van der Waals surface area contributed by atoms with Gasteiger partial charge >= 0.3 is 17.6 Å². The minimum Gasteiger partial charge on any atom is -0.394 e. The van der Waals surface area contributed by atoms with Crippen LogP contribution < -0.4 is 0 Å². The molecular weight excluding hydrogens is 628 g/mol. The number of rotatable bonds is 5. The molecule has 4 atom stereocenters. The molecule has 3 fully saturated rings. The molecule has 1 N–H and O–H groups in total. The second kappa shape index (κ2) is 24.9. The van der Waals surface area contributed by atoms with Gasteiger partial charge in [0.25, 0.3) is 0 Å². The van der Waals surface area contributed by atoms with E-state index in [-0.39, 0.29) is 36.5 Å². The van der Waals surface area contributed by atoms with E-state index < -0.39 is 17.6 Å². The maximum Gasteiger partial charge on any atom is 0.503 e. The van der Waals surface area contributed by atoms with Crippen molar-refractivity contribution in [3.8, 4) is 0 Å². The van der Waals surface area contributed by atoms with Crippen LogP contribution in [0.15, 0.2) is 0 Å². The average Bonchev–Trinajstić information content (AvgIpc) is 3.01. The maximum atomic E-state index is 9.03. The summed E-state index contributed by atoms with van der Waals surface area (Å²) in [5.74, 6) is 0. The summed E-state index contributed by atoms with van der Waals surface area (Å²) in [5.41, 5.74) is 0.255. The molecule has 45 heavy (non-hydrogen) atoms. The molecule has 0 amide bonds. The third kappa shape index (κ3) is 17.2. The van der Waals surface area contributed by atoms with Gasteiger partial charge in [-0.3, -0.25) is 0 Å². The smallest absolute Gasteiger partial charge is 0.394 e. The lowest BCUT2D eigenvalue weighted by molar-refractivity contribution is -0.0740. The quantitative estimate of drug-likeness (QED) is 0.422. The van der Waals surface area contributed by atoms with E-state index in [0.29, 0.717) is 112 Å². The van der Waals surface area contributed by atoms with Crippen molar-refractivity contribution in [2.45, 2.75) is 64.3 Å².